The predicted molar refractivity (Wildman–Crippen MR) is 75.2 cm³/mol. The van der Waals surface area contributed by atoms with Crippen molar-refractivity contribution in [2.45, 2.75) is 76.4 Å². The second kappa shape index (κ2) is 5.25. The van der Waals surface area contributed by atoms with Crippen LogP contribution < -0.4 is 0 Å². The van der Waals surface area contributed by atoms with Gasteiger partial charge in [0.05, 0.1) is 0 Å². The fourth-order valence-corrected chi connectivity index (χ4v) is 8.06. The summed E-state index contributed by atoms with van der Waals surface area (Å²) in [5.41, 5.74) is 1.06. The molecule has 0 radical (unpaired) electrons. The van der Waals surface area contributed by atoms with Crippen LogP contribution in [0.5, 0.6) is 0 Å². The molecule has 0 aromatic heterocycles. The molecule has 92 valence electrons. The number of rotatable bonds is 4. The van der Waals surface area contributed by atoms with Gasteiger partial charge in [-0.3, -0.25) is 0 Å². The van der Waals surface area contributed by atoms with Gasteiger partial charge in [0.2, 0.25) is 0 Å². The van der Waals surface area contributed by atoms with Crippen LogP contribution >= 0.6 is 0 Å². The topological polar surface area (TPSA) is 0 Å². The molecule has 0 unspecified atom stereocenters. The van der Waals surface area contributed by atoms with Crippen LogP contribution in [0.15, 0.2) is 0 Å². The normalized spacial score (nSPS) is 14.4. The maximum absolute atomic E-state index is 2.61. The maximum atomic E-state index is 2.61. The molecule has 0 saturated heterocycles. The Hall–Kier alpha value is 0.543. The van der Waals surface area contributed by atoms with Gasteiger partial charge in [-0.25, -0.2) is 0 Å². The van der Waals surface area contributed by atoms with E-state index in [4.69, 9.17) is 0 Å². The summed E-state index contributed by atoms with van der Waals surface area (Å²) in [5.74, 6) is 5.22. The first-order valence-corrected chi connectivity index (χ1v) is 13.6. The Labute approximate surface area is 101 Å². The minimum absolute atomic E-state index is 0.532. The molecule has 1 heteroatoms. The van der Waals surface area contributed by atoms with Crippen molar-refractivity contribution in [1.29, 1.82) is 0 Å². The van der Waals surface area contributed by atoms with E-state index >= 15 is 0 Å². The molecular weight excluding hydrogens is 241 g/mol. The molecule has 0 nitrogen and oxygen atoms in total. The SMILES string of the molecule is CC(C)(C)C[CH2][Ge]([CH3])([CH3])[CH2]CC(C)(C)C. The van der Waals surface area contributed by atoms with Gasteiger partial charge in [-0.15, -0.1) is 0 Å². The van der Waals surface area contributed by atoms with Gasteiger partial charge >= 0.3 is 100 Å². The molecule has 0 fully saturated rings. The van der Waals surface area contributed by atoms with Crippen LogP contribution in [0.1, 0.15) is 54.4 Å². The van der Waals surface area contributed by atoms with Crippen molar-refractivity contribution in [3.63, 3.8) is 0 Å². The van der Waals surface area contributed by atoms with Crippen LogP contribution in [0.4, 0.5) is 0 Å². The zero-order chi connectivity index (χ0) is 12.3. The zero-order valence-corrected chi connectivity index (χ0v) is 14.4. The van der Waals surface area contributed by atoms with Gasteiger partial charge in [0, 0.05) is 0 Å². The first-order valence-electron chi connectivity index (χ1n) is 6.41. The van der Waals surface area contributed by atoms with Gasteiger partial charge in [0.1, 0.15) is 0 Å². The molecule has 0 bridgehead atoms. The summed E-state index contributed by atoms with van der Waals surface area (Å²) in [4.78, 5) is 0. The third kappa shape index (κ3) is 10.8. The molecule has 0 aromatic rings. The number of hydrogen-bond donors (Lipinski definition) is 0. The Morgan fingerprint density at radius 3 is 1.13 bits per heavy atom. The summed E-state index contributed by atoms with van der Waals surface area (Å²) >= 11 is -1.43. The van der Waals surface area contributed by atoms with E-state index in [9.17, 15) is 0 Å². The van der Waals surface area contributed by atoms with E-state index in [0.29, 0.717) is 10.8 Å². The third-order valence-electron chi connectivity index (χ3n) is 3.10. The second-order valence-electron chi connectivity index (χ2n) is 8.29. The molecule has 15 heavy (non-hydrogen) atoms. The molecule has 0 aromatic carbocycles. The second-order valence-corrected chi connectivity index (χ2v) is 19.5. The van der Waals surface area contributed by atoms with E-state index in [2.05, 4.69) is 53.1 Å². The van der Waals surface area contributed by atoms with Crippen molar-refractivity contribution in [3.8, 4) is 0 Å². The van der Waals surface area contributed by atoms with E-state index in [1.165, 1.54) is 12.8 Å². The van der Waals surface area contributed by atoms with Crippen molar-refractivity contribution in [2.24, 2.45) is 10.8 Å². The van der Waals surface area contributed by atoms with Gasteiger partial charge in [0.25, 0.3) is 0 Å². The predicted octanol–water partition coefficient (Wildman–Crippen LogP) is 5.57. The van der Waals surface area contributed by atoms with E-state index in [-0.39, 0.29) is 0 Å². The molecule has 0 aliphatic carbocycles. The Kier molecular flexibility index (Phi) is 5.44. The van der Waals surface area contributed by atoms with Crippen LogP contribution in [0, 0.1) is 10.8 Å². The monoisotopic (exact) mass is 274 g/mol. The summed E-state index contributed by atoms with van der Waals surface area (Å²) in [7, 11) is 0. The van der Waals surface area contributed by atoms with Gasteiger partial charge in [-0.05, 0) is 0 Å². The van der Waals surface area contributed by atoms with Crippen LogP contribution in [-0.4, -0.2) is 13.3 Å². The Morgan fingerprint density at radius 2 is 0.933 bits per heavy atom. The van der Waals surface area contributed by atoms with Gasteiger partial charge in [0.15, 0.2) is 0 Å². The summed E-state index contributed by atoms with van der Waals surface area (Å²) < 4.78 is 0. The summed E-state index contributed by atoms with van der Waals surface area (Å²) in [6.07, 6.45) is 2.84. The van der Waals surface area contributed by atoms with Crippen molar-refractivity contribution in [2.75, 3.05) is 0 Å². The fourth-order valence-electron chi connectivity index (χ4n) is 1.55. The van der Waals surface area contributed by atoms with E-state index in [1.54, 1.807) is 10.5 Å². The molecule has 0 N–H and O–H groups in total. The van der Waals surface area contributed by atoms with Crippen molar-refractivity contribution < 1.29 is 0 Å². The zero-order valence-electron chi connectivity index (χ0n) is 12.3. The summed E-state index contributed by atoms with van der Waals surface area (Å²) in [6, 6.07) is 0. The third-order valence-corrected chi connectivity index (χ3v) is 9.83. The Morgan fingerprint density at radius 1 is 0.667 bits per heavy atom. The molecule has 0 saturated carbocycles. The quantitative estimate of drug-likeness (QED) is 0.587. The molecule has 0 aliphatic heterocycles. The van der Waals surface area contributed by atoms with E-state index in [0.717, 1.165) is 0 Å². The molecule has 0 amide bonds. The minimum atomic E-state index is -1.43. The van der Waals surface area contributed by atoms with Crippen LogP contribution in [0.25, 0.3) is 0 Å². The molecular formula is C14H32Ge. The first-order chi connectivity index (χ1) is 6.41. The molecule has 0 aliphatic rings. The molecule has 0 rings (SSSR count). The number of hydrogen-bond acceptors (Lipinski definition) is 0. The average Bonchev–Trinajstić information content (AvgIpc) is 1.96. The van der Waals surface area contributed by atoms with Crippen molar-refractivity contribution in [1.82, 2.24) is 0 Å². The summed E-state index contributed by atoms with van der Waals surface area (Å²) in [5, 5.41) is 3.08. The van der Waals surface area contributed by atoms with Gasteiger partial charge in [-0.2, -0.15) is 0 Å². The van der Waals surface area contributed by atoms with Crippen molar-refractivity contribution >= 4 is 13.3 Å². The van der Waals surface area contributed by atoms with Gasteiger partial charge < -0.3 is 0 Å². The summed E-state index contributed by atoms with van der Waals surface area (Å²) in [6.45, 7) is 14.2. The van der Waals surface area contributed by atoms with Gasteiger partial charge in [-0.1, -0.05) is 0 Å². The average molecular weight is 273 g/mol. The molecule has 0 heterocycles. The Balaban J connectivity index is 3.98. The van der Waals surface area contributed by atoms with E-state index in [1.807, 2.05) is 0 Å². The van der Waals surface area contributed by atoms with Crippen LogP contribution in [0.2, 0.25) is 22.0 Å². The van der Waals surface area contributed by atoms with E-state index < -0.39 is 13.3 Å². The van der Waals surface area contributed by atoms with Crippen LogP contribution in [0.3, 0.4) is 0 Å². The van der Waals surface area contributed by atoms with Crippen molar-refractivity contribution in [3.05, 3.63) is 0 Å². The Bertz CT molecular complexity index is 158. The molecule has 0 spiro atoms. The van der Waals surface area contributed by atoms with Crippen LogP contribution in [-0.2, 0) is 0 Å². The first kappa shape index (κ1) is 15.5. The standard InChI is InChI=1S/C14H32Ge/c1-13(2,3)9-11-15(7,8)12-10-14(4,5)6/h9-12H2,1-8H3. The molecule has 0 atom stereocenters. The fraction of sp³-hybridized carbons (Fsp3) is 1.00.